The van der Waals surface area contributed by atoms with E-state index < -0.39 is 22.8 Å². The number of thioether (sulfide) groups is 1. The molecule has 0 amide bonds. The molecule has 0 saturated heterocycles. The van der Waals surface area contributed by atoms with E-state index in [-0.39, 0.29) is 0 Å². The van der Waals surface area contributed by atoms with Crippen molar-refractivity contribution in [3.8, 4) is 23.7 Å². The highest BCUT2D eigenvalue weighted by Crippen LogP contribution is 2.20. The van der Waals surface area contributed by atoms with Gasteiger partial charge in [0, 0.05) is 26.7 Å². The normalized spacial score (nSPS) is 11.7. The van der Waals surface area contributed by atoms with Crippen LogP contribution in [0.25, 0.3) is 0 Å². The average Bonchev–Trinajstić information content (AvgIpc) is 2.92. The summed E-state index contributed by atoms with van der Waals surface area (Å²) in [5, 5.41) is 0. The largest absolute Gasteiger partial charge is 0.439 e. The van der Waals surface area contributed by atoms with Gasteiger partial charge in [-0.1, -0.05) is 98.2 Å². The van der Waals surface area contributed by atoms with Crippen molar-refractivity contribution < 1.29 is 19.1 Å². The number of carbonyl (C=O) groups is 2. The molecule has 0 fully saturated rings. The minimum absolute atomic E-state index is 0.423. The SMILES string of the molecule is CC(=O)OC(C#CCCCCCCc1ccccc1)SC(C#CCCCCCCc1ccccc1)OC(C)=O. The van der Waals surface area contributed by atoms with Crippen LogP contribution >= 0.6 is 11.8 Å². The summed E-state index contributed by atoms with van der Waals surface area (Å²) in [5.41, 5.74) is 1.31. The molecule has 0 aliphatic rings. The Kier molecular flexibility index (Phi) is 17.1. The number of hydrogen-bond donors (Lipinski definition) is 0. The first kappa shape index (κ1) is 32.1. The van der Waals surface area contributed by atoms with Gasteiger partial charge in [-0.3, -0.25) is 9.59 Å². The summed E-state index contributed by atoms with van der Waals surface area (Å²) in [6.07, 6.45) is 12.5. The van der Waals surface area contributed by atoms with Crippen LogP contribution in [0.2, 0.25) is 0 Å². The standard InChI is InChI=1S/C34H42O4S/c1-29(35)37-33(27-19-9-5-3-7-13-21-31-23-15-11-16-24-31)39-34(38-30(2)36)28-20-10-6-4-8-14-22-32-25-17-12-18-26-32/h11-12,15-18,23-26,33-34H,3-10,13-14,21-22H2,1-2H3. The fraction of sp³-hybridized carbons (Fsp3) is 0.471. The first-order valence-electron chi connectivity index (χ1n) is 14.1. The third-order valence-electron chi connectivity index (χ3n) is 5.95. The molecule has 0 N–H and O–H groups in total. The molecule has 0 bridgehead atoms. The zero-order valence-electron chi connectivity index (χ0n) is 23.5. The van der Waals surface area contributed by atoms with Crippen LogP contribution in [0.5, 0.6) is 0 Å². The Morgan fingerprint density at radius 2 is 1.00 bits per heavy atom. The van der Waals surface area contributed by atoms with E-state index in [1.165, 1.54) is 37.8 Å². The van der Waals surface area contributed by atoms with E-state index in [0.717, 1.165) is 76.0 Å². The van der Waals surface area contributed by atoms with Gasteiger partial charge in [-0.25, -0.2) is 0 Å². The molecule has 0 saturated carbocycles. The number of ether oxygens (including phenoxy) is 2. The van der Waals surface area contributed by atoms with E-state index in [0.29, 0.717) is 0 Å². The van der Waals surface area contributed by atoms with E-state index >= 15 is 0 Å². The molecule has 4 nitrogen and oxygen atoms in total. The molecule has 0 radical (unpaired) electrons. The molecular formula is C34H42O4S. The maximum Gasteiger partial charge on any atom is 0.304 e. The zero-order chi connectivity index (χ0) is 28.0. The second-order valence-corrected chi connectivity index (χ2v) is 10.6. The number of unbranched alkanes of at least 4 members (excludes halogenated alkanes) is 8. The minimum atomic E-state index is -0.725. The summed E-state index contributed by atoms with van der Waals surface area (Å²) in [7, 11) is 0. The highest BCUT2D eigenvalue weighted by Gasteiger charge is 2.18. The highest BCUT2D eigenvalue weighted by molar-refractivity contribution is 8.00. The predicted octanol–water partition coefficient (Wildman–Crippen LogP) is 7.89. The number of esters is 2. The van der Waals surface area contributed by atoms with Crippen molar-refractivity contribution >= 4 is 23.7 Å². The molecule has 0 aromatic heterocycles. The number of benzene rings is 2. The number of aryl methyl sites for hydroxylation is 2. The van der Waals surface area contributed by atoms with Gasteiger partial charge in [0.1, 0.15) is 0 Å². The van der Waals surface area contributed by atoms with Crippen molar-refractivity contribution in [1.82, 2.24) is 0 Å². The third-order valence-corrected chi connectivity index (χ3v) is 6.88. The molecule has 0 spiro atoms. The van der Waals surface area contributed by atoms with E-state index in [1.54, 1.807) is 0 Å². The molecule has 39 heavy (non-hydrogen) atoms. The molecule has 2 aromatic carbocycles. The molecule has 0 heterocycles. The fourth-order valence-corrected chi connectivity index (χ4v) is 4.90. The van der Waals surface area contributed by atoms with Gasteiger partial charge in [-0.2, -0.15) is 0 Å². The summed E-state index contributed by atoms with van der Waals surface area (Å²) in [6, 6.07) is 21.1. The van der Waals surface area contributed by atoms with E-state index in [9.17, 15) is 9.59 Å². The van der Waals surface area contributed by atoms with Gasteiger partial charge in [-0.05, 0) is 73.3 Å². The average molecular weight is 547 g/mol. The first-order chi connectivity index (χ1) is 19.0. The molecule has 5 heteroatoms. The maximum absolute atomic E-state index is 11.6. The van der Waals surface area contributed by atoms with Gasteiger partial charge < -0.3 is 9.47 Å². The molecule has 2 rings (SSSR count). The molecule has 0 aliphatic heterocycles. The van der Waals surface area contributed by atoms with Crippen molar-refractivity contribution in [2.24, 2.45) is 0 Å². The summed E-state index contributed by atoms with van der Waals surface area (Å²) in [6.45, 7) is 2.71. The number of carbonyl (C=O) groups excluding carboxylic acids is 2. The summed E-state index contributed by atoms with van der Waals surface area (Å²) in [5.74, 6) is 11.5. The summed E-state index contributed by atoms with van der Waals surface area (Å²) in [4.78, 5) is 23.2. The minimum Gasteiger partial charge on any atom is -0.439 e. The lowest BCUT2D eigenvalue weighted by Gasteiger charge is -2.15. The van der Waals surface area contributed by atoms with Gasteiger partial charge in [0.15, 0.2) is 0 Å². The van der Waals surface area contributed by atoms with Crippen molar-refractivity contribution in [2.45, 2.75) is 102 Å². The van der Waals surface area contributed by atoms with Crippen molar-refractivity contribution in [2.75, 3.05) is 0 Å². The van der Waals surface area contributed by atoms with Gasteiger partial charge in [0.25, 0.3) is 0 Å². The van der Waals surface area contributed by atoms with Crippen LogP contribution in [0.4, 0.5) is 0 Å². The smallest absolute Gasteiger partial charge is 0.304 e. The van der Waals surface area contributed by atoms with E-state index in [2.05, 4.69) is 72.2 Å². The number of hydrogen-bond acceptors (Lipinski definition) is 5. The lowest BCUT2D eigenvalue weighted by molar-refractivity contribution is -0.140. The van der Waals surface area contributed by atoms with Crippen LogP contribution in [0, 0.1) is 23.7 Å². The van der Waals surface area contributed by atoms with Crippen molar-refractivity contribution in [3.63, 3.8) is 0 Å². The van der Waals surface area contributed by atoms with Crippen molar-refractivity contribution in [3.05, 3.63) is 71.8 Å². The highest BCUT2D eigenvalue weighted by atomic mass is 32.2. The van der Waals surface area contributed by atoms with Crippen LogP contribution in [-0.4, -0.2) is 22.8 Å². The Balaban J connectivity index is 1.70. The second kappa shape index (κ2) is 20.8. The Hall–Kier alpha value is -3.15. The Morgan fingerprint density at radius 3 is 1.38 bits per heavy atom. The van der Waals surface area contributed by atoms with Crippen LogP contribution in [0.1, 0.15) is 89.2 Å². The molecule has 2 unspecified atom stereocenters. The lowest BCUT2D eigenvalue weighted by atomic mass is 10.1. The van der Waals surface area contributed by atoms with Crippen LogP contribution in [-0.2, 0) is 31.9 Å². The molecular weight excluding hydrogens is 504 g/mol. The first-order valence-corrected chi connectivity index (χ1v) is 15.0. The Labute approximate surface area is 239 Å². The quantitative estimate of drug-likeness (QED) is 0.0927. The molecule has 0 aliphatic carbocycles. The second-order valence-electron chi connectivity index (χ2n) is 9.46. The third kappa shape index (κ3) is 17.1. The molecule has 2 atom stereocenters. The van der Waals surface area contributed by atoms with Crippen LogP contribution in [0.3, 0.4) is 0 Å². The number of rotatable bonds is 16. The molecule has 2 aromatic rings. The van der Waals surface area contributed by atoms with Crippen molar-refractivity contribution in [1.29, 1.82) is 0 Å². The summed E-state index contributed by atoms with van der Waals surface area (Å²) < 4.78 is 10.7. The Bertz CT molecular complexity index is 989. The zero-order valence-corrected chi connectivity index (χ0v) is 24.3. The lowest BCUT2D eigenvalue weighted by Crippen LogP contribution is -2.18. The van der Waals surface area contributed by atoms with E-state index in [4.69, 9.17) is 9.47 Å². The van der Waals surface area contributed by atoms with Crippen LogP contribution < -0.4 is 0 Å². The Morgan fingerprint density at radius 1 is 0.615 bits per heavy atom. The molecule has 208 valence electrons. The monoisotopic (exact) mass is 546 g/mol. The van der Waals surface area contributed by atoms with Gasteiger partial charge >= 0.3 is 11.9 Å². The van der Waals surface area contributed by atoms with Gasteiger partial charge in [-0.15, -0.1) is 0 Å². The van der Waals surface area contributed by atoms with Gasteiger partial charge in [0.05, 0.1) is 0 Å². The van der Waals surface area contributed by atoms with E-state index in [1.807, 2.05) is 12.1 Å². The fourth-order valence-electron chi connectivity index (χ4n) is 3.99. The summed E-state index contributed by atoms with van der Waals surface area (Å²) >= 11 is 1.15. The predicted molar refractivity (Wildman–Crippen MR) is 161 cm³/mol. The maximum atomic E-state index is 11.6. The van der Waals surface area contributed by atoms with Gasteiger partial charge in [0.2, 0.25) is 10.9 Å². The topological polar surface area (TPSA) is 52.6 Å². The van der Waals surface area contributed by atoms with Crippen LogP contribution in [0.15, 0.2) is 60.7 Å².